The number of methoxy groups -OCH3 is 1. The Morgan fingerprint density at radius 1 is 1.16 bits per heavy atom. The van der Waals surface area contributed by atoms with Crippen LogP contribution in [0.25, 0.3) is 0 Å². The van der Waals surface area contributed by atoms with E-state index in [2.05, 4.69) is 10.2 Å². The topological polar surface area (TPSA) is 55.2 Å². The summed E-state index contributed by atoms with van der Waals surface area (Å²) in [6, 6.07) is 5.78. The average Bonchev–Trinajstić information content (AvgIpc) is 2.40. The molecule has 1 atom stereocenters. The minimum Gasteiger partial charge on any atom is -0.496 e. The third kappa shape index (κ3) is 2.71. The maximum atomic E-state index is 13.3. The first-order valence-electron chi connectivity index (χ1n) is 5.85. The van der Waals surface area contributed by atoms with E-state index >= 15 is 0 Å². The van der Waals surface area contributed by atoms with E-state index in [9.17, 15) is 9.50 Å². The Balaban J connectivity index is 2.51. The third-order valence-electron chi connectivity index (χ3n) is 2.92. The molecule has 1 heterocycles. The first-order chi connectivity index (χ1) is 9.02. The lowest BCUT2D eigenvalue weighted by Gasteiger charge is -2.16. The fraction of sp³-hybridized carbons (Fsp3) is 0.286. The van der Waals surface area contributed by atoms with Crippen molar-refractivity contribution in [3.63, 3.8) is 0 Å². The molecule has 1 N–H and O–H groups in total. The highest BCUT2D eigenvalue weighted by Gasteiger charge is 2.19. The smallest absolute Gasteiger partial charge is 0.125 e. The molecule has 0 fully saturated rings. The van der Waals surface area contributed by atoms with Gasteiger partial charge in [0.2, 0.25) is 0 Å². The molecule has 4 nitrogen and oxygen atoms in total. The predicted octanol–water partition coefficient (Wildman–Crippen LogP) is 2.32. The molecule has 1 unspecified atom stereocenters. The summed E-state index contributed by atoms with van der Waals surface area (Å²) in [4.78, 5) is 0. The molecule has 0 saturated carbocycles. The molecule has 19 heavy (non-hydrogen) atoms. The Labute approximate surface area is 110 Å². The van der Waals surface area contributed by atoms with Gasteiger partial charge >= 0.3 is 0 Å². The van der Waals surface area contributed by atoms with Crippen molar-refractivity contribution in [1.29, 1.82) is 0 Å². The van der Waals surface area contributed by atoms with Gasteiger partial charge in [0, 0.05) is 11.1 Å². The van der Waals surface area contributed by atoms with Crippen LogP contribution in [0.5, 0.6) is 5.75 Å². The fourth-order valence-corrected chi connectivity index (χ4v) is 1.93. The molecule has 2 aromatic rings. The van der Waals surface area contributed by atoms with Gasteiger partial charge in [0.1, 0.15) is 17.7 Å². The first kappa shape index (κ1) is 13.4. The van der Waals surface area contributed by atoms with Crippen LogP contribution in [0.1, 0.15) is 28.6 Å². The number of aromatic nitrogens is 2. The van der Waals surface area contributed by atoms with Crippen LogP contribution in [0.2, 0.25) is 0 Å². The van der Waals surface area contributed by atoms with Gasteiger partial charge in [0.25, 0.3) is 0 Å². The maximum absolute atomic E-state index is 13.3. The van der Waals surface area contributed by atoms with Crippen LogP contribution in [0.4, 0.5) is 4.39 Å². The van der Waals surface area contributed by atoms with Gasteiger partial charge in [0.05, 0.1) is 18.5 Å². The Bertz CT molecular complexity index is 602. The van der Waals surface area contributed by atoms with Gasteiger partial charge < -0.3 is 9.84 Å². The summed E-state index contributed by atoms with van der Waals surface area (Å²) in [5.74, 6) is 0.00834. The number of aliphatic hydroxyl groups excluding tert-OH is 1. The van der Waals surface area contributed by atoms with Crippen molar-refractivity contribution < 1.29 is 14.2 Å². The normalized spacial score (nSPS) is 12.3. The van der Waals surface area contributed by atoms with Gasteiger partial charge in [-0.1, -0.05) is 0 Å². The number of aryl methyl sites for hydroxylation is 2. The number of nitrogens with zero attached hydrogens (tertiary/aromatic N) is 2. The summed E-state index contributed by atoms with van der Waals surface area (Å²) in [5, 5.41) is 18.3. The highest BCUT2D eigenvalue weighted by Crippen LogP contribution is 2.31. The van der Waals surface area contributed by atoms with Crippen molar-refractivity contribution in [2.24, 2.45) is 0 Å². The Hall–Kier alpha value is -2.01. The maximum Gasteiger partial charge on any atom is 0.125 e. The Kier molecular flexibility index (Phi) is 3.76. The second-order valence-corrected chi connectivity index (χ2v) is 4.32. The lowest BCUT2D eigenvalue weighted by molar-refractivity contribution is 0.212. The van der Waals surface area contributed by atoms with Gasteiger partial charge in [0.15, 0.2) is 0 Å². The summed E-state index contributed by atoms with van der Waals surface area (Å²) in [7, 11) is 1.48. The van der Waals surface area contributed by atoms with Crippen molar-refractivity contribution in [2.75, 3.05) is 7.11 Å². The van der Waals surface area contributed by atoms with Crippen LogP contribution < -0.4 is 4.74 Å². The number of aliphatic hydroxyl groups is 1. The zero-order valence-electron chi connectivity index (χ0n) is 11.0. The molecule has 100 valence electrons. The van der Waals surface area contributed by atoms with E-state index in [-0.39, 0.29) is 0 Å². The van der Waals surface area contributed by atoms with Gasteiger partial charge in [-0.3, -0.25) is 0 Å². The van der Waals surface area contributed by atoms with Crippen LogP contribution in [0.15, 0.2) is 24.3 Å². The summed E-state index contributed by atoms with van der Waals surface area (Å²) in [6.45, 7) is 3.53. The molecule has 2 rings (SSSR count). The highest BCUT2D eigenvalue weighted by molar-refractivity contribution is 5.41. The minimum absolute atomic E-state index is 0.373. The first-order valence-corrected chi connectivity index (χ1v) is 5.85. The standard InChI is InChI=1S/C14H15FN2O2/c1-8-6-11(9(2)17-16-8)14(18)12-7-10(15)4-5-13(12)19-3/h4-7,14,18H,1-3H3. The van der Waals surface area contributed by atoms with E-state index in [0.717, 1.165) is 0 Å². The highest BCUT2D eigenvalue weighted by atomic mass is 19.1. The molecule has 0 radical (unpaired) electrons. The van der Waals surface area contributed by atoms with Crippen molar-refractivity contribution in [3.05, 3.63) is 52.6 Å². The molecule has 0 amide bonds. The molecule has 1 aromatic carbocycles. The van der Waals surface area contributed by atoms with E-state index in [4.69, 9.17) is 4.74 Å². The second kappa shape index (κ2) is 5.32. The lowest BCUT2D eigenvalue weighted by Crippen LogP contribution is -2.07. The number of benzene rings is 1. The van der Waals surface area contributed by atoms with Crippen LogP contribution in [0, 0.1) is 19.7 Å². The molecule has 1 aromatic heterocycles. The SMILES string of the molecule is COc1ccc(F)cc1C(O)c1cc(C)nnc1C. The van der Waals surface area contributed by atoms with Crippen molar-refractivity contribution in [2.45, 2.75) is 20.0 Å². The zero-order valence-corrected chi connectivity index (χ0v) is 11.0. The van der Waals surface area contributed by atoms with Gasteiger partial charge in [-0.15, -0.1) is 0 Å². The third-order valence-corrected chi connectivity index (χ3v) is 2.92. The van der Waals surface area contributed by atoms with Crippen LogP contribution in [-0.2, 0) is 0 Å². The van der Waals surface area contributed by atoms with E-state index < -0.39 is 11.9 Å². The molecule has 0 spiro atoms. The summed E-state index contributed by atoms with van der Waals surface area (Å²) < 4.78 is 18.5. The summed E-state index contributed by atoms with van der Waals surface area (Å²) in [5.41, 5.74) is 2.26. The monoisotopic (exact) mass is 262 g/mol. The average molecular weight is 262 g/mol. The number of hydrogen-bond acceptors (Lipinski definition) is 4. The molecule has 0 aliphatic rings. The zero-order chi connectivity index (χ0) is 14.0. The minimum atomic E-state index is -1.00. The van der Waals surface area contributed by atoms with Crippen molar-refractivity contribution in [1.82, 2.24) is 10.2 Å². The Morgan fingerprint density at radius 3 is 2.58 bits per heavy atom. The van der Waals surface area contributed by atoms with Gasteiger partial charge in [-0.05, 0) is 38.1 Å². The van der Waals surface area contributed by atoms with Crippen LogP contribution >= 0.6 is 0 Å². The Morgan fingerprint density at radius 2 is 1.89 bits per heavy atom. The van der Waals surface area contributed by atoms with Gasteiger partial charge in [-0.25, -0.2) is 4.39 Å². The molecule has 5 heteroatoms. The number of hydrogen-bond donors (Lipinski definition) is 1. The number of halogens is 1. The van der Waals surface area contributed by atoms with Crippen molar-refractivity contribution >= 4 is 0 Å². The molecule has 0 saturated heterocycles. The number of rotatable bonds is 3. The molecular weight excluding hydrogens is 247 g/mol. The van der Waals surface area contributed by atoms with E-state index in [0.29, 0.717) is 28.3 Å². The predicted molar refractivity (Wildman–Crippen MR) is 68.5 cm³/mol. The van der Waals surface area contributed by atoms with Gasteiger partial charge in [-0.2, -0.15) is 10.2 Å². The molecule has 0 aliphatic carbocycles. The van der Waals surface area contributed by atoms with Crippen LogP contribution in [0.3, 0.4) is 0 Å². The quantitative estimate of drug-likeness (QED) is 0.922. The molecule has 0 aliphatic heterocycles. The summed E-state index contributed by atoms with van der Waals surface area (Å²) >= 11 is 0. The fourth-order valence-electron chi connectivity index (χ4n) is 1.93. The molecule has 0 bridgehead atoms. The second-order valence-electron chi connectivity index (χ2n) is 4.32. The van der Waals surface area contributed by atoms with Crippen LogP contribution in [-0.4, -0.2) is 22.4 Å². The number of ether oxygens (including phenoxy) is 1. The lowest BCUT2D eigenvalue weighted by atomic mass is 9.99. The largest absolute Gasteiger partial charge is 0.496 e. The molecular formula is C14H15FN2O2. The van der Waals surface area contributed by atoms with Crippen molar-refractivity contribution in [3.8, 4) is 5.75 Å². The van der Waals surface area contributed by atoms with E-state index in [1.54, 1.807) is 19.9 Å². The van der Waals surface area contributed by atoms with E-state index in [1.807, 2.05) is 0 Å². The summed E-state index contributed by atoms with van der Waals surface area (Å²) in [6.07, 6.45) is -1.00. The van der Waals surface area contributed by atoms with E-state index in [1.165, 1.54) is 25.3 Å².